The second-order valence-corrected chi connectivity index (χ2v) is 4.59. The summed E-state index contributed by atoms with van der Waals surface area (Å²) in [6.07, 6.45) is 0.917. The Morgan fingerprint density at radius 1 is 1.10 bits per heavy atom. The Bertz CT molecular complexity index is 698. The van der Waals surface area contributed by atoms with Gasteiger partial charge in [-0.25, -0.2) is 0 Å². The summed E-state index contributed by atoms with van der Waals surface area (Å²) in [7, 11) is 0. The maximum atomic E-state index is 10.5. The van der Waals surface area contributed by atoms with Gasteiger partial charge in [0.1, 0.15) is 17.4 Å². The van der Waals surface area contributed by atoms with Crippen molar-refractivity contribution in [3.63, 3.8) is 0 Å². The number of fused-ring (bicyclic) bond motifs is 1. The first-order chi connectivity index (χ1) is 9.79. The molecule has 20 heavy (non-hydrogen) atoms. The Morgan fingerprint density at radius 2 is 1.85 bits per heavy atom. The van der Waals surface area contributed by atoms with E-state index in [1.165, 1.54) is 0 Å². The molecule has 1 unspecified atom stereocenters. The average Bonchev–Trinajstić information content (AvgIpc) is 2.92. The van der Waals surface area contributed by atoms with Gasteiger partial charge >= 0.3 is 0 Å². The van der Waals surface area contributed by atoms with E-state index in [0.29, 0.717) is 6.61 Å². The van der Waals surface area contributed by atoms with Crippen LogP contribution in [-0.2, 0) is 0 Å². The topological polar surface area (TPSA) is 42.6 Å². The average molecular weight is 268 g/mol. The Labute approximate surface area is 117 Å². The van der Waals surface area contributed by atoms with E-state index in [1.807, 2.05) is 55.5 Å². The van der Waals surface area contributed by atoms with Crippen LogP contribution in [0.1, 0.15) is 24.2 Å². The van der Waals surface area contributed by atoms with Gasteiger partial charge in [-0.3, -0.25) is 0 Å². The molecule has 0 amide bonds. The fourth-order valence-corrected chi connectivity index (χ4v) is 2.30. The van der Waals surface area contributed by atoms with Gasteiger partial charge in [0.05, 0.1) is 12.9 Å². The molecule has 0 fully saturated rings. The van der Waals surface area contributed by atoms with E-state index in [0.717, 1.165) is 27.8 Å². The molecule has 0 saturated carbocycles. The molecule has 102 valence electrons. The normalized spacial score (nSPS) is 12.5. The molecule has 0 aliphatic rings. The summed E-state index contributed by atoms with van der Waals surface area (Å²) in [6, 6.07) is 15.2. The summed E-state index contributed by atoms with van der Waals surface area (Å²) in [5, 5.41) is 11.4. The zero-order chi connectivity index (χ0) is 13.9. The van der Waals surface area contributed by atoms with Crippen molar-refractivity contribution in [2.24, 2.45) is 0 Å². The lowest BCUT2D eigenvalue weighted by Gasteiger charge is -2.10. The highest BCUT2D eigenvalue weighted by Gasteiger charge is 2.16. The highest BCUT2D eigenvalue weighted by Crippen LogP contribution is 2.31. The van der Waals surface area contributed by atoms with Gasteiger partial charge in [-0.15, -0.1) is 0 Å². The van der Waals surface area contributed by atoms with Gasteiger partial charge < -0.3 is 14.3 Å². The Morgan fingerprint density at radius 3 is 2.60 bits per heavy atom. The molecule has 1 aromatic heterocycles. The van der Waals surface area contributed by atoms with Crippen LogP contribution in [0.3, 0.4) is 0 Å². The molecule has 1 heterocycles. The van der Waals surface area contributed by atoms with Crippen LogP contribution in [0.15, 0.2) is 59.2 Å². The maximum absolute atomic E-state index is 10.5. The molecule has 0 aliphatic heterocycles. The second kappa shape index (κ2) is 5.39. The Hall–Kier alpha value is -2.26. The summed E-state index contributed by atoms with van der Waals surface area (Å²) in [5.74, 6) is 0.806. The number of aliphatic hydroxyl groups is 1. The highest BCUT2D eigenvalue weighted by molar-refractivity contribution is 5.81. The van der Waals surface area contributed by atoms with Crippen LogP contribution in [0.25, 0.3) is 11.0 Å². The maximum Gasteiger partial charge on any atom is 0.134 e. The first kappa shape index (κ1) is 12.8. The molecule has 3 nitrogen and oxygen atoms in total. The monoisotopic (exact) mass is 268 g/mol. The van der Waals surface area contributed by atoms with Crippen molar-refractivity contribution in [3.8, 4) is 5.75 Å². The summed E-state index contributed by atoms with van der Waals surface area (Å²) < 4.78 is 10.9. The van der Waals surface area contributed by atoms with Crippen LogP contribution in [0.2, 0.25) is 0 Å². The largest absolute Gasteiger partial charge is 0.494 e. The van der Waals surface area contributed by atoms with E-state index < -0.39 is 6.10 Å². The Balaban J connectivity index is 1.93. The molecular weight excluding hydrogens is 252 g/mol. The molecule has 1 N–H and O–H groups in total. The van der Waals surface area contributed by atoms with E-state index >= 15 is 0 Å². The van der Waals surface area contributed by atoms with E-state index in [-0.39, 0.29) is 0 Å². The number of ether oxygens (including phenoxy) is 1. The van der Waals surface area contributed by atoms with E-state index in [9.17, 15) is 5.11 Å². The van der Waals surface area contributed by atoms with E-state index in [4.69, 9.17) is 9.15 Å². The van der Waals surface area contributed by atoms with Crippen LogP contribution < -0.4 is 4.74 Å². The predicted octanol–water partition coefficient (Wildman–Crippen LogP) is 3.91. The summed E-state index contributed by atoms with van der Waals surface area (Å²) in [4.78, 5) is 0. The first-order valence-electron chi connectivity index (χ1n) is 6.66. The standard InChI is InChI=1S/C17H16O3/c1-2-19-13-9-7-12(8-10-13)17(18)15-11-20-16-6-4-3-5-14(15)16/h3-11,17-18H,2H2,1H3. The SMILES string of the molecule is CCOc1ccc(C(O)c2coc3ccccc23)cc1. The number of aliphatic hydroxyl groups excluding tert-OH is 1. The number of rotatable bonds is 4. The lowest BCUT2D eigenvalue weighted by molar-refractivity contribution is 0.220. The molecule has 2 aromatic carbocycles. The number of furan rings is 1. The smallest absolute Gasteiger partial charge is 0.134 e. The lowest BCUT2D eigenvalue weighted by atomic mass is 10.0. The molecule has 3 aromatic rings. The van der Waals surface area contributed by atoms with Crippen molar-refractivity contribution < 1.29 is 14.3 Å². The molecule has 0 saturated heterocycles. The fourth-order valence-electron chi connectivity index (χ4n) is 2.30. The number of benzene rings is 2. The van der Waals surface area contributed by atoms with E-state index in [1.54, 1.807) is 6.26 Å². The molecule has 3 rings (SSSR count). The van der Waals surface area contributed by atoms with Crippen LogP contribution >= 0.6 is 0 Å². The zero-order valence-corrected chi connectivity index (χ0v) is 11.2. The minimum Gasteiger partial charge on any atom is -0.494 e. The van der Waals surface area contributed by atoms with Gasteiger partial charge in [0.15, 0.2) is 0 Å². The molecule has 0 radical (unpaired) electrons. The third kappa shape index (κ3) is 2.28. The van der Waals surface area contributed by atoms with Gasteiger partial charge in [-0.1, -0.05) is 30.3 Å². The minimum absolute atomic E-state index is 0.633. The zero-order valence-electron chi connectivity index (χ0n) is 11.2. The fraction of sp³-hybridized carbons (Fsp3) is 0.176. The second-order valence-electron chi connectivity index (χ2n) is 4.59. The Kier molecular flexibility index (Phi) is 3.44. The number of para-hydroxylation sites is 1. The molecule has 3 heteroatoms. The molecule has 1 atom stereocenters. The number of hydrogen-bond acceptors (Lipinski definition) is 3. The molecular formula is C17H16O3. The van der Waals surface area contributed by atoms with Gasteiger partial charge in [0.2, 0.25) is 0 Å². The quantitative estimate of drug-likeness (QED) is 0.780. The van der Waals surface area contributed by atoms with E-state index in [2.05, 4.69) is 0 Å². The van der Waals surface area contributed by atoms with Crippen molar-refractivity contribution >= 4 is 11.0 Å². The van der Waals surface area contributed by atoms with Gasteiger partial charge in [0.25, 0.3) is 0 Å². The van der Waals surface area contributed by atoms with Crippen molar-refractivity contribution in [2.45, 2.75) is 13.0 Å². The highest BCUT2D eigenvalue weighted by atomic mass is 16.5. The minimum atomic E-state index is -0.700. The molecule has 0 spiro atoms. The third-order valence-corrected chi connectivity index (χ3v) is 3.31. The van der Waals surface area contributed by atoms with Crippen LogP contribution in [-0.4, -0.2) is 11.7 Å². The summed E-state index contributed by atoms with van der Waals surface area (Å²) in [5.41, 5.74) is 2.39. The van der Waals surface area contributed by atoms with Crippen LogP contribution in [0.5, 0.6) is 5.75 Å². The third-order valence-electron chi connectivity index (χ3n) is 3.31. The van der Waals surface area contributed by atoms with Crippen molar-refractivity contribution in [2.75, 3.05) is 6.61 Å². The first-order valence-corrected chi connectivity index (χ1v) is 6.66. The van der Waals surface area contributed by atoms with Crippen LogP contribution in [0.4, 0.5) is 0 Å². The lowest BCUT2D eigenvalue weighted by Crippen LogP contribution is -1.99. The molecule has 0 aliphatic carbocycles. The number of hydrogen-bond donors (Lipinski definition) is 1. The van der Waals surface area contributed by atoms with Crippen LogP contribution in [0, 0.1) is 0 Å². The van der Waals surface area contributed by atoms with Gasteiger partial charge in [-0.2, -0.15) is 0 Å². The summed E-state index contributed by atoms with van der Waals surface area (Å²) in [6.45, 7) is 2.58. The van der Waals surface area contributed by atoms with Gasteiger partial charge in [-0.05, 0) is 30.7 Å². The summed E-state index contributed by atoms with van der Waals surface area (Å²) >= 11 is 0. The van der Waals surface area contributed by atoms with Crippen molar-refractivity contribution in [1.29, 1.82) is 0 Å². The van der Waals surface area contributed by atoms with Crippen molar-refractivity contribution in [3.05, 3.63) is 65.9 Å². The molecule has 0 bridgehead atoms. The van der Waals surface area contributed by atoms with Crippen molar-refractivity contribution in [1.82, 2.24) is 0 Å². The van der Waals surface area contributed by atoms with Gasteiger partial charge in [0, 0.05) is 10.9 Å². The predicted molar refractivity (Wildman–Crippen MR) is 77.9 cm³/mol.